The number of aromatic nitrogens is 3. The van der Waals surface area contributed by atoms with Gasteiger partial charge in [0.2, 0.25) is 0 Å². The van der Waals surface area contributed by atoms with Crippen molar-refractivity contribution < 1.29 is 60.8 Å². The minimum Gasteiger partial charge on any atom is -0.387 e. The number of aliphatic hydroxyl groups is 2. The molecule has 1 fully saturated rings. The monoisotopic (exact) mass is 639 g/mol. The molecule has 15 nitrogen and oxygen atoms in total. The van der Waals surface area contributed by atoms with Crippen molar-refractivity contribution in [3.8, 4) is 11.1 Å². The van der Waals surface area contributed by atoms with Crippen molar-refractivity contribution in [3.05, 3.63) is 87.0 Å². The summed E-state index contributed by atoms with van der Waals surface area (Å²) in [5, 5.41) is 20.7. The predicted octanol–water partition coefficient (Wildman–Crippen LogP) is 0.985. The molecule has 1 aliphatic heterocycles. The van der Waals surface area contributed by atoms with E-state index in [-0.39, 0.29) is 11.3 Å². The van der Waals surface area contributed by atoms with E-state index in [1.165, 1.54) is 30.5 Å². The molecule has 1 saturated heterocycles. The van der Waals surface area contributed by atoms with Gasteiger partial charge in [-0.1, -0.05) is 12.1 Å². The van der Waals surface area contributed by atoms with Crippen molar-refractivity contribution in [2.45, 2.75) is 37.3 Å². The molecule has 42 heavy (non-hydrogen) atoms. The highest BCUT2D eigenvalue weighted by Crippen LogP contribution is 2.57. The zero-order valence-electron chi connectivity index (χ0n) is 20.9. The molecular weight excluding hydrogens is 617 g/mol. The molecule has 5 atom stereocenters. The zero-order chi connectivity index (χ0) is 31.0. The first-order chi connectivity index (χ1) is 19.4. The quantitative estimate of drug-likeness (QED) is 0.207. The van der Waals surface area contributed by atoms with Gasteiger partial charge in [0.1, 0.15) is 18.3 Å². The highest BCUT2D eigenvalue weighted by Gasteiger charge is 2.46. The number of aliphatic hydroxyl groups excluding tert-OH is 2. The SMILES string of the molecule is O=c1ccn([C@@H]2O[C@H](COP(=O)(O)OP(=O)(O)O)C(O)C2O)c(=O)n1Cc1cc(-c2cccc(C(F)(F)F)c2)ccn1. The molecule has 3 aromatic rings. The second-order valence-electron chi connectivity index (χ2n) is 8.93. The number of halogens is 3. The van der Waals surface area contributed by atoms with Crippen molar-refractivity contribution in [1.29, 1.82) is 0 Å². The summed E-state index contributed by atoms with van der Waals surface area (Å²) < 4.78 is 76.7. The maximum atomic E-state index is 13.2. The number of nitrogens with zero attached hydrogens (tertiary/aromatic N) is 3. The summed E-state index contributed by atoms with van der Waals surface area (Å²) in [7, 11) is -10.7. The minimum absolute atomic E-state index is 0.116. The summed E-state index contributed by atoms with van der Waals surface area (Å²) in [6.45, 7) is -1.46. The van der Waals surface area contributed by atoms with Crippen LogP contribution in [0.1, 0.15) is 17.5 Å². The summed E-state index contributed by atoms with van der Waals surface area (Å²) in [6.07, 6.45) is -9.27. The minimum atomic E-state index is -5.43. The van der Waals surface area contributed by atoms with Gasteiger partial charge in [-0.05, 0) is 35.4 Å². The van der Waals surface area contributed by atoms with Crippen LogP contribution >= 0.6 is 15.6 Å². The Kier molecular flexibility index (Phi) is 9.06. The smallest absolute Gasteiger partial charge is 0.387 e. The Morgan fingerprint density at radius 2 is 1.69 bits per heavy atom. The van der Waals surface area contributed by atoms with Crippen LogP contribution in [-0.2, 0) is 35.4 Å². The summed E-state index contributed by atoms with van der Waals surface area (Å²) in [5.41, 5.74) is -2.10. The Balaban J connectivity index is 1.56. The van der Waals surface area contributed by atoms with Gasteiger partial charge in [-0.25, -0.2) is 13.9 Å². The number of pyridine rings is 1. The number of phosphoric acid groups is 2. The van der Waals surface area contributed by atoms with Crippen molar-refractivity contribution >= 4 is 15.6 Å². The zero-order valence-corrected chi connectivity index (χ0v) is 22.7. The third-order valence-corrected chi connectivity index (χ3v) is 8.13. The molecule has 0 radical (unpaired) electrons. The maximum absolute atomic E-state index is 13.2. The molecule has 1 aromatic carbocycles. The molecule has 1 aliphatic rings. The fourth-order valence-electron chi connectivity index (χ4n) is 4.07. The molecule has 0 spiro atoms. The molecule has 20 heteroatoms. The van der Waals surface area contributed by atoms with E-state index in [9.17, 15) is 47.0 Å². The van der Waals surface area contributed by atoms with Crippen LogP contribution in [0.15, 0.2) is 64.4 Å². The molecule has 228 valence electrons. The largest absolute Gasteiger partial charge is 0.481 e. The first kappa shape index (κ1) is 31.9. The Hall–Kier alpha value is -3.02. The summed E-state index contributed by atoms with van der Waals surface area (Å²) in [6, 6.07) is 8.25. The second kappa shape index (κ2) is 11.9. The third-order valence-electron chi connectivity index (χ3n) is 5.98. The number of hydrogen-bond donors (Lipinski definition) is 5. The van der Waals surface area contributed by atoms with E-state index in [1.54, 1.807) is 0 Å². The highest BCUT2D eigenvalue weighted by molar-refractivity contribution is 7.60. The maximum Gasteiger partial charge on any atom is 0.481 e. The first-order valence-corrected chi connectivity index (χ1v) is 14.7. The molecule has 2 aromatic heterocycles. The molecule has 0 saturated carbocycles. The van der Waals surface area contributed by atoms with Gasteiger partial charge in [-0.2, -0.15) is 17.5 Å². The van der Waals surface area contributed by atoms with Gasteiger partial charge in [0.05, 0.1) is 24.4 Å². The van der Waals surface area contributed by atoms with Crippen LogP contribution in [0, 0.1) is 0 Å². The summed E-state index contributed by atoms with van der Waals surface area (Å²) >= 11 is 0. The number of benzene rings is 1. The number of ether oxygens (including phenoxy) is 1. The fraction of sp³-hybridized carbons (Fsp3) is 0.318. The lowest BCUT2D eigenvalue weighted by atomic mass is 10.0. The standard InChI is InChI=1S/C22H22F3N3O12P2/c23-22(24,25)14-3-1-2-12(8-14)13-4-6-26-15(9-13)10-28-17(29)5-7-27(21(28)32)20-19(31)18(30)16(39-20)11-38-42(36,37)40-41(33,34)35/h1-9,16,18-20,30-31H,10-11H2,(H,36,37)(H2,33,34,35)/t16-,18?,19?,20-/m1/s1. The van der Waals surface area contributed by atoms with Gasteiger partial charge in [-0.15, -0.1) is 0 Å². The normalized spacial score (nSPS) is 22.7. The van der Waals surface area contributed by atoms with Crippen LogP contribution in [0.3, 0.4) is 0 Å². The van der Waals surface area contributed by atoms with Gasteiger partial charge in [0, 0.05) is 18.5 Å². The number of hydrogen-bond acceptors (Lipinski definition) is 10. The predicted molar refractivity (Wildman–Crippen MR) is 134 cm³/mol. The van der Waals surface area contributed by atoms with E-state index in [1.807, 2.05) is 0 Å². The van der Waals surface area contributed by atoms with Crippen LogP contribution < -0.4 is 11.2 Å². The van der Waals surface area contributed by atoms with Crippen molar-refractivity contribution in [3.63, 3.8) is 0 Å². The number of alkyl halides is 3. The Morgan fingerprint density at radius 1 is 1.00 bits per heavy atom. The van der Waals surface area contributed by atoms with Crippen molar-refractivity contribution in [2.24, 2.45) is 0 Å². The third kappa shape index (κ3) is 7.48. The lowest BCUT2D eigenvalue weighted by molar-refractivity contribution is -0.137. The Morgan fingerprint density at radius 3 is 2.36 bits per heavy atom. The second-order valence-corrected chi connectivity index (χ2v) is 11.8. The van der Waals surface area contributed by atoms with Gasteiger partial charge in [0.15, 0.2) is 6.23 Å². The Labute approximate surface area is 232 Å². The lowest BCUT2D eigenvalue weighted by Crippen LogP contribution is -2.43. The van der Waals surface area contributed by atoms with Crippen molar-refractivity contribution in [2.75, 3.05) is 6.61 Å². The first-order valence-electron chi connectivity index (χ1n) is 11.7. The molecule has 4 rings (SSSR count). The van der Waals surface area contributed by atoms with Gasteiger partial charge >= 0.3 is 27.5 Å². The highest BCUT2D eigenvalue weighted by atomic mass is 31.3. The van der Waals surface area contributed by atoms with E-state index >= 15 is 0 Å². The fourth-order valence-corrected chi connectivity index (χ4v) is 5.67. The summed E-state index contributed by atoms with van der Waals surface area (Å²) in [5.74, 6) is 0. The molecule has 5 N–H and O–H groups in total. The molecule has 3 heterocycles. The number of rotatable bonds is 9. The number of phosphoric ester groups is 1. The van der Waals surface area contributed by atoms with Gasteiger partial charge < -0.3 is 29.6 Å². The summed E-state index contributed by atoms with van der Waals surface area (Å²) in [4.78, 5) is 56.6. The average molecular weight is 639 g/mol. The molecule has 0 bridgehead atoms. The van der Waals surface area contributed by atoms with E-state index in [0.29, 0.717) is 10.1 Å². The topological polar surface area (TPSA) is 220 Å². The van der Waals surface area contributed by atoms with E-state index < -0.39 is 76.3 Å². The van der Waals surface area contributed by atoms with Crippen LogP contribution in [0.2, 0.25) is 0 Å². The molecule has 3 unspecified atom stereocenters. The van der Waals surface area contributed by atoms with Crippen molar-refractivity contribution in [1.82, 2.24) is 14.1 Å². The Bertz CT molecular complexity index is 1670. The molecule has 0 amide bonds. The molecule has 0 aliphatic carbocycles. The van der Waals surface area contributed by atoms with Gasteiger partial charge in [0.25, 0.3) is 5.56 Å². The van der Waals surface area contributed by atoms with Crippen LogP contribution in [-0.4, -0.2) is 63.9 Å². The molecular formula is C22H22F3N3O12P2. The van der Waals surface area contributed by atoms with E-state index in [0.717, 1.165) is 29.0 Å². The van der Waals surface area contributed by atoms with E-state index in [4.69, 9.17) is 14.5 Å². The van der Waals surface area contributed by atoms with Gasteiger partial charge in [-0.3, -0.25) is 23.4 Å². The van der Waals surface area contributed by atoms with E-state index in [2.05, 4.69) is 13.8 Å². The van der Waals surface area contributed by atoms with Crippen LogP contribution in [0.25, 0.3) is 11.1 Å². The van der Waals surface area contributed by atoms with Crippen LogP contribution in [0.5, 0.6) is 0 Å². The van der Waals surface area contributed by atoms with Crippen LogP contribution in [0.4, 0.5) is 13.2 Å². The average Bonchev–Trinajstić information content (AvgIpc) is 3.17. The lowest BCUT2D eigenvalue weighted by Gasteiger charge is -2.19.